The summed E-state index contributed by atoms with van der Waals surface area (Å²) in [5.41, 5.74) is 0. The van der Waals surface area contributed by atoms with Crippen molar-refractivity contribution in [1.82, 2.24) is 5.32 Å². The molecule has 0 aromatic rings. The number of allylic oxidation sites excluding steroid dienone is 17. The van der Waals surface area contributed by atoms with Crippen LogP contribution in [0.15, 0.2) is 109 Å². The summed E-state index contributed by atoms with van der Waals surface area (Å²) in [7, 11) is 0. The molecule has 0 radical (unpaired) electrons. The summed E-state index contributed by atoms with van der Waals surface area (Å²) in [4.78, 5) is 13.1. The van der Waals surface area contributed by atoms with Gasteiger partial charge in [0.1, 0.15) is 24.4 Å². The predicted molar refractivity (Wildman–Crippen MR) is 350 cm³/mol. The Labute approximate surface area is 504 Å². The fourth-order valence-electron chi connectivity index (χ4n) is 10.3. The number of nitrogens with one attached hydrogen (secondary N) is 1. The standard InChI is InChI=1S/C73H127NO8/c1-3-5-7-9-11-13-15-17-19-21-23-25-27-29-31-33-35-36-38-40-42-44-46-48-50-52-54-56-58-60-62-67(76)66(65-81-73-72(80)71(79)70(78)68(64-75)82-73)74-69(77)63-61-59-57-55-53-51-49-47-45-43-41-39-37-34-32-30-28-26-24-22-20-18-16-14-12-10-8-6-4-2/h6,8,12,14,18,20,24,26,30,32,37,39,43,45,49,51,60,62,66-68,70-73,75-76,78-80H,3-5,7,9-11,13,15-17,19,21-23,25,27-29,31,33-36,38,40-42,44,46-48,50,52-59,61,63-65H2,1-2H3,(H,74,77)/b8-6-,14-12-,20-18-,26-24-,32-30-,39-37-,45-43-,51-49-,62-60+. The quantitative estimate of drug-likeness (QED) is 0.0261. The van der Waals surface area contributed by atoms with Gasteiger partial charge in [-0.3, -0.25) is 4.79 Å². The van der Waals surface area contributed by atoms with Crippen molar-refractivity contribution in [3.63, 3.8) is 0 Å². The van der Waals surface area contributed by atoms with Gasteiger partial charge in [-0.2, -0.15) is 0 Å². The monoisotopic (exact) mass is 1150 g/mol. The van der Waals surface area contributed by atoms with Crippen molar-refractivity contribution in [1.29, 1.82) is 0 Å². The van der Waals surface area contributed by atoms with E-state index in [0.717, 1.165) is 103 Å². The molecule has 1 rings (SSSR count). The topological polar surface area (TPSA) is 149 Å². The van der Waals surface area contributed by atoms with Crippen LogP contribution >= 0.6 is 0 Å². The molecule has 0 aliphatic carbocycles. The number of unbranched alkanes of at least 4 members (excludes halogenated alkanes) is 32. The van der Waals surface area contributed by atoms with Crippen molar-refractivity contribution in [3.05, 3.63) is 109 Å². The molecule has 0 aromatic carbocycles. The van der Waals surface area contributed by atoms with E-state index in [4.69, 9.17) is 9.47 Å². The minimum atomic E-state index is -1.58. The molecule has 0 saturated carbocycles. The lowest BCUT2D eigenvalue weighted by Gasteiger charge is -2.40. The van der Waals surface area contributed by atoms with Gasteiger partial charge in [-0.25, -0.2) is 0 Å². The third kappa shape index (κ3) is 49.1. The Hall–Kier alpha value is -3.15. The lowest BCUT2D eigenvalue weighted by atomic mass is 9.99. The second-order valence-corrected chi connectivity index (χ2v) is 23.2. The lowest BCUT2D eigenvalue weighted by Crippen LogP contribution is -2.60. The number of hydrogen-bond donors (Lipinski definition) is 6. The summed E-state index contributed by atoms with van der Waals surface area (Å²) in [5.74, 6) is -0.203. The highest BCUT2D eigenvalue weighted by atomic mass is 16.7. The van der Waals surface area contributed by atoms with Gasteiger partial charge in [-0.05, 0) is 83.5 Å². The van der Waals surface area contributed by atoms with Crippen LogP contribution in [0, 0.1) is 0 Å². The molecule has 9 heteroatoms. The summed E-state index contributed by atoms with van der Waals surface area (Å²) in [6.45, 7) is 3.67. The highest BCUT2D eigenvalue weighted by molar-refractivity contribution is 5.76. The van der Waals surface area contributed by atoms with Gasteiger partial charge in [-0.15, -0.1) is 0 Å². The van der Waals surface area contributed by atoms with Crippen LogP contribution in [0.1, 0.15) is 290 Å². The molecule has 1 aliphatic rings. The van der Waals surface area contributed by atoms with Gasteiger partial charge < -0.3 is 40.3 Å². The fraction of sp³-hybridized carbons (Fsp3) is 0.740. The maximum absolute atomic E-state index is 13.1. The van der Waals surface area contributed by atoms with Crippen LogP contribution < -0.4 is 5.32 Å². The molecule has 1 aliphatic heterocycles. The summed E-state index contributed by atoms with van der Waals surface area (Å²) < 4.78 is 11.3. The van der Waals surface area contributed by atoms with Crippen LogP contribution in [0.3, 0.4) is 0 Å². The summed E-state index contributed by atoms with van der Waals surface area (Å²) in [6.07, 6.45) is 83.2. The molecule has 1 saturated heterocycles. The highest BCUT2D eigenvalue weighted by Crippen LogP contribution is 2.23. The van der Waals surface area contributed by atoms with Crippen LogP contribution in [0.25, 0.3) is 0 Å². The Morgan fingerprint density at radius 3 is 1.12 bits per heavy atom. The van der Waals surface area contributed by atoms with Crippen molar-refractivity contribution in [2.45, 2.75) is 333 Å². The summed E-state index contributed by atoms with van der Waals surface area (Å²) >= 11 is 0. The minimum Gasteiger partial charge on any atom is -0.394 e. The molecule has 1 heterocycles. The number of carbonyl (C=O) groups is 1. The van der Waals surface area contributed by atoms with Crippen molar-refractivity contribution in [2.24, 2.45) is 0 Å². The summed E-state index contributed by atoms with van der Waals surface area (Å²) in [6, 6.07) is -0.829. The van der Waals surface area contributed by atoms with Crippen LogP contribution in [-0.4, -0.2) is 87.5 Å². The molecule has 1 amide bonds. The molecule has 0 spiro atoms. The summed E-state index contributed by atoms with van der Waals surface area (Å²) in [5, 5.41) is 54.7. The van der Waals surface area contributed by atoms with E-state index in [1.807, 2.05) is 6.08 Å². The molecule has 6 N–H and O–H groups in total. The average molecular weight is 1150 g/mol. The number of aliphatic hydroxyl groups is 5. The van der Waals surface area contributed by atoms with Crippen molar-refractivity contribution in [2.75, 3.05) is 13.2 Å². The Morgan fingerprint density at radius 2 is 0.756 bits per heavy atom. The van der Waals surface area contributed by atoms with E-state index in [1.165, 1.54) is 167 Å². The van der Waals surface area contributed by atoms with Crippen molar-refractivity contribution in [3.8, 4) is 0 Å². The number of aliphatic hydroxyl groups excluding tert-OH is 5. The number of ether oxygens (including phenoxy) is 2. The van der Waals surface area contributed by atoms with Gasteiger partial charge in [0.25, 0.3) is 0 Å². The normalized spacial score (nSPS) is 19.0. The van der Waals surface area contributed by atoms with Gasteiger partial charge in [0.05, 0.1) is 25.4 Å². The first-order chi connectivity index (χ1) is 40.3. The number of amides is 1. The molecule has 82 heavy (non-hydrogen) atoms. The van der Waals surface area contributed by atoms with E-state index in [-0.39, 0.29) is 12.5 Å². The maximum atomic E-state index is 13.1. The van der Waals surface area contributed by atoms with Gasteiger partial charge in [0, 0.05) is 6.42 Å². The average Bonchev–Trinajstić information content (AvgIpc) is 3.57. The van der Waals surface area contributed by atoms with E-state index in [0.29, 0.717) is 6.42 Å². The van der Waals surface area contributed by atoms with Crippen LogP contribution in [0.2, 0.25) is 0 Å². The number of rotatable bonds is 58. The lowest BCUT2D eigenvalue weighted by molar-refractivity contribution is -0.302. The molecule has 7 atom stereocenters. The van der Waals surface area contributed by atoms with E-state index < -0.39 is 49.5 Å². The fourth-order valence-corrected chi connectivity index (χ4v) is 10.3. The molecular formula is C73H127NO8. The molecule has 9 nitrogen and oxygen atoms in total. The second kappa shape index (κ2) is 61.0. The van der Waals surface area contributed by atoms with Crippen LogP contribution in [-0.2, 0) is 14.3 Å². The zero-order chi connectivity index (χ0) is 59.3. The smallest absolute Gasteiger partial charge is 0.220 e. The molecule has 472 valence electrons. The van der Waals surface area contributed by atoms with Crippen LogP contribution in [0.4, 0.5) is 0 Å². The molecule has 1 fully saturated rings. The van der Waals surface area contributed by atoms with Crippen molar-refractivity contribution < 1.29 is 39.8 Å². The Morgan fingerprint density at radius 1 is 0.427 bits per heavy atom. The number of carbonyl (C=O) groups excluding carboxylic acids is 1. The first-order valence-electron chi connectivity index (χ1n) is 34.1. The van der Waals surface area contributed by atoms with Crippen molar-refractivity contribution >= 4 is 5.91 Å². The second-order valence-electron chi connectivity index (χ2n) is 23.2. The van der Waals surface area contributed by atoms with E-state index in [1.54, 1.807) is 6.08 Å². The Bertz CT molecular complexity index is 1660. The maximum Gasteiger partial charge on any atom is 0.220 e. The molecular weight excluding hydrogens is 1020 g/mol. The van der Waals surface area contributed by atoms with Gasteiger partial charge >= 0.3 is 0 Å². The third-order valence-corrected chi connectivity index (χ3v) is 15.6. The highest BCUT2D eigenvalue weighted by Gasteiger charge is 2.44. The zero-order valence-electron chi connectivity index (χ0n) is 52.7. The van der Waals surface area contributed by atoms with Gasteiger partial charge in [-0.1, -0.05) is 309 Å². The Kier molecular flexibility index (Phi) is 57.1. The largest absolute Gasteiger partial charge is 0.394 e. The van der Waals surface area contributed by atoms with E-state index >= 15 is 0 Å². The number of hydrogen-bond acceptors (Lipinski definition) is 8. The molecule has 0 aromatic heterocycles. The minimum absolute atomic E-state index is 0.203. The third-order valence-electron chi connectivity index (χ3n) is 15.6. The molecule has 0 bridgehead atoms. The zero-order valence-corrected chi connectivity index (χ0v) is 52.7. The SMILES string of the molecule is CC/C=C\C/C=C\C/C=C\C/C=C\C/C=C\C/C=C\C/C=C\C/C=C\CCCCCCC(=O)NC(COC1OC(CO)C(O)C(O)C1O)C(O)/C=C/CCCCCCCCCCCCCCCCCCCCCCCCCCCCCC. The molecule has 7 unspecified atom stereocenters. The van der Waals surface area contributed by atoms with Gasteiger partial charge in [0.2, 0.25) is 5.91 Å². The van der Waals surface area contributed by atoms with Gasteiger partial charge in [0.15, 0.2) is 6.29 Å². The van der Waals surface area contributed by atoms with Crippen LogP contribution in [0.5, 0.6) is 0 Å². The van der Waals surface area contributed by atoms with E-state index in [9.17, 15) is 30.3 Å². The first-order valence-corrected chi connectivity index (χ1v) is 34.1. The first kappa shape index (κ1) is 76.9. The Balaban J connectivity index is 2.20. The van der Waals surface area contributed by atoms with E-state index in [2.05, 4.69) is 116 Å². The predicted octanol–water partition coefficient (Wildman–Crippen LogP) is 18.5.